The first-order valence-electron chi connectivity index (χ1n) is 11.5. The molecule has 0 aliphatic carbocycles. The first-order valence-corrected chi connectivity index (χ1v) is 13.7. The summed E-state index contributed by atoms with van der Waals surface area (Å²) >= 11 is 12.2. The van der Waals surface area contributed by atoms with Crippen molar-refractivity contribution in [3.63, 3.8) is 0 Å². The Morgan fingerprint density at radius 3 is 2.28 bits per heavy atom. The number of rotatable bonds is 10. The van der Waals surface area contributed by atoms with Crippen LogP contribution >= 0.6 is 23.2 Å². The first kappa shape index (κ1) is 27.9. The maximum atomic E-state index is 13.5. The minimum atomic E-state index is -3.96. The lowest BCUT2D eigenvalue weighted by Crippen LogP contribution is -2.51. The molecule has 0 radical (unpaired) electrons. The highest BCUT2D eigenvalue weighted by Crippen LogP contribution is 2.25. The molecule has 1 atom stereocenters. The van der Waals surface area contributed by atoms with Gasteiger partial charge in [-0.3, -0.25) is 9.59 Å². The fourth-order valence-electron chi connectivity index (χ4n) is 3.92. The van der Waals surface area contributed by atoms with Crippen molar-refractivity contribution in [1.29, 1.82) is 0 Å². The number of carbonyl (C=O) groups is 2. The van der Waals surface area contributed by atoms with Gasteiger partial charge in [-0.2, -0.15) is 4.31 Å². The third-order valence-corrected chi connectivity index (χ3v) is 8.40. The minimum absolute atomic E-state index is 0.0647. The summed E-state index contributed by atoms with van der Waals surface area (Å²) < 4.78 is 27.6. The summed E-state index contributed by atoms with van der Waals surface area (Å²) in [5.74, 6) is -0.820. The fourth-order valence-corrected chi connectivity index (χ4v) is 5.40. The molecular weight excluding hydrogens is 521 g/mol. The minimum Gasteiger partial charge on any atom is -0.355 e. The molecule has 0 aromatic heterocycles. The molecular formula is C26H29Cl2N3O4S. The number of hydrogen-bond donors (Lipinski definition) is 1. The van der Waals surface area contributed by atoms with Gasteiger partial charge in [0.1, 0.15) is 6.04 Å². The molecule has 3 aromatic rings. The van der Waals surface area contributed by atoms with Gasteiger partial charge in [0.2, 0.25) is 21.8 Å². The normalized spacial score (nSPS) is 12.5. The molecule has 0 heterocycles. The number of halogens is 2. The Morgan fingerprint density at radius 2 is 1.64 bits per heavy atom. The van der Waals surface area contributed by atoms with Crippen molar-refractivity contribution in [1.82, 2.24) is 14.5 Å². The van der Waals surface area contributed by atoms with Crippen LogP contribution in [0, 0.1) is 0 Å². The van der Waals surface area contributed by atoms with E-state index in [0.717, 1.165) is 15.1 Å². The van der Waals surface area contributed by atoms with Gasteiger partial charge in [-0.15, -0.1) is 0 Å². The van der Waals surface area contributed by atoms with Crippen LogP contribution in [-0.4, -0.2) is 55.6 Å². The highest BCUT2D eigenvalue weighted by molar-refractivity contribution is 7.89. The number of hydrogen-bond acceptors (Lipinski definition) is 4. The monoisotopic (exact) mass is 549 g/mol. The molecule has 3 rings (SSSR count). The smallest absolute Gasteiger partial charge is 0.243 e. The zero-order valence-electron chi connectivity index (χ0n) is 20.4. The van der Waals surface area contributed by atoms with Crippen molar-refractivity contribution < 1.29 is 18.0 Å². The summed E-state index contributed by atoms with van der Waals surface area (Å²) in [5.41, 5.74) is 0.667. The third kappa shape index (κ3) is 6.37. The topological polar surface area (TPSA) is 86.8 Å². The lowest BCUT2D eigenvalue weighted by Gasteiger charge is -2.32. The maximum Gasteiger partial charge on any atom is 0.243 e. The quantitative estimate of drug-likeness (QED) is 0.396. The Morgan fingerprint density at radius 1 is 0.944 bits per heavy atom. The second kappa shape index (κ2) is 12.1. The van der Waals surface area contributed by atoms with Gasteiger partial charge in [-0.25, -0.2) is 8.42 Å². The average molecular weight is 551 g/mol. The van der Waals surface area contributed by atoms with E-state index in [0.29, 0.717) is 28.6 Å². The summed E-state index contributed by atoms with van der Waals surface area (Å²) in [4.78, 5) is 27.7. The van der Waals surface area contributed by atoms with E-state index >= 15 is 0 Å². The Hall–Kier alpha value is -2.65. The average Bonchev–Trinajstić information content (AvgIpc) is 2.85. The summed E-state index contributed by atoms with van der Waals surface area (Å²) in [6.07, 6.45) is 0.347. The molecule has 0 saturated heterocycles. The number of nitrogens with zero attached hydrogens (tertiary/aromatic N) is 2. The van der Waals surface area contributed by atoms with E-state index < -0.39 is 28.5 Å². The molecule has 0 fully saturated rings. The molecule has 1 N–H and O–H groups in total. The van der Waals surface area contributed by atoms with Crippen LogP contribution in [-0.2, 0) is 26.2 Å². The lowest BCUT2D eigenvalue weighted by molar-refractivity contribution is -0.141. The van der Waals surface area contributed by atoms with Crippen LogP contribution in [0.5, 0.6) is 0 Å². The van der Waals surface area contributed by atoms with E-state index in [4.69, 9.17) is 23.2 Å². The van der Waals surface area contributed by atoms with Gasteiger partial charge in [0.25, 0.3) is 0 Å². The van der Waals surface area contributed by atoms with Crippen LogP contribution in [0.15, 0.2) is 65.6 Å². The molecule has 0 aliphatic heterocycles. The standard InChI is InChI=1S/C26H29Cl2N3O4S/c1-4-24(26(33)29-5-2)31(16-18-10-13-22(27)23(28)14-18)25(32)17-30(3)36(34,35)21-12-11-19-8-6-7-9-20(19)15-21/h6-15,24H,4-5,16-17H2,1-3H3,(H,29,33)/t24-/m1/s1. The first-order chi connectivity index (χ1) is 17.1. The molecule has 0 bridgehead atoms. The highest BCUT2D eigenvalue weighted by Gasteiger charge is 2.31. The van der Waals surface area contributed by atoms with Crippen molar-refractivity contribution in [3.05, 3.63) is 76.3 Å². The largest absolute Gasteiger partial charge is 0.355 e. The Bertz CT molecular complexity index is 1360. The molecule has 2 amide bonds. The molecule has 192 valence electrons. The van der Waals surface area contributed by atoms with Gasteiger partial charge < -0.3 is 10.2 Å². The van der Waals surface area contributed by atoms with Crippen LogP contribution < -0.4 is 5.32 Å². The van der Waals surface area contributed by atoms with Crippen molar-refractivity contribution in [2.24, 2.45) is 0 Å². The van der Waals surface area contributed by atoms with Crippen molar-refractivity contribution in [2.75, 3.05) is 20.1 Å². The highest BCUT2D eigenvalue weighted by atomic mass is 35.5. The fraction of sp³-hybridized carbons (Fsp3) is 0.308. The van der Waals surface area contributed by atoms with Crippen LogP contribution in [0.2, 0.25) is 10.0 Å². The second-order valence-corrected chi connectivity index (χ2v) is 11.2. The Kier molecular flexibility index (Phi) is 9.35. The summed E-state index contributed by atoms with van der Waals surface area (Å²) in [5, 5.41) is 5.14. The molecule has 0 aliphatic rings. The molecule has 0 unspecified atom stereocenters. The Labute approximate surface area is 222 Å². The SMILES string of the molecule is CCNC(=O)[C@@H](CC)N(Cc1ccc(Cl)c(Cl)c1)C(=O)CN(C)S(=O)(=O)c1ccc2ccccc2c1. The van der Waals surface area contributed by atoms with E-state index in [9.17, 15) is 18.0 Å². The van der Waals surface area contributed by atoms with Gasteiger partial charge in [-0.1, -0.05) is 66.5 Å². The summed E-state index contributed by atoms with van der Waals surface area (Å²) in [6, 6.07) is 16.5. The number of fused-ring (bicyclic) bond motifs is 1. The van der Waals surface area contributed by atoms with Crippen molar-refractivity contribution in [2.45, 2.75) is 37.8 Å². The van der Waals surface area contributed by atoms with Crippen LogP contribution in [0.25, 0.3) is 10.8 Å². The van der Waals surface area contributed by atoms with E-state index in [2.05, 4.69) is 5.32 Å². The summed E-state index contributed by atoms with van der Waals surface area (Å²) in [6.45, 7) is 3.62. The predicted octanol–water partition coefficient (Wildman–Crippen LogP) is 4.71. The number of sulfonamides is 1. The molecule has 0 spiro atoms. The summed E-state index contributed by atoms with van der Waals surface area (Å²) in [7, 11) is -2.61. The van der Waals surface area contributed by atoms with E-state index in [1.807, 2.05) is 24.3 Å². The number of benzene rings is 3. The van der Waals surface area contributed by atoms with Crippen molar-refractivity contribution in [3.8, 4) is 0 Å². The molecule has 7 nitrogen and oxygen atoms in total. The van der Waals surface area contributed by atoms with Crippen LogP contribution in [0.1, 0.15) is 25.8 Å². The number of carbonyl (C=O) groups excluding carboxylic acids is 2. The number of amides is 2. The van der Waals surface area contributed by atoms with Crippen LogP contribution in [0.3, 0.4) is 0 Å². The van der Waals surface area contributed by atoms with Crippen LogP contribution in [0.4, 0.5) is 0 Å². The van der Waals surface area contributed by atoms with Gasteiger partial charge in [0, 0.05) is 20.1 Å². The molecule has 10 heteroatoms. The van der Waals surface area contributed by atoms with Gasteiger partial charge in [-0.05, 0) is 53.9 Å². The predicted molar refractivity (Wildman–Crippen MR) is 144 cm³/mol. The Balaban J connectivity index is 1.89. The number of nitrogens with one attached hydrogen (secondary N) is 1. The third-order valence-electron chi connectivity index (χ3n) is 5.86. The van der Waals surface area contributed by atoms with Gasteiger partial charge in [0.05, 0.1) is 21.5 Å². The lowest BCUT2D eigenvalue weighted by atomic mass is 10.1. The van der Waals surface area contributed by atoms with Gasteiger partial charge >= 0.3 is 0 Å². The van der Waals surface area contributed by atoms with Gasteiger partial charge in [0.15, 0.2) is 0 Å². The van der Waals surface area contributed by atoms with Crippen molar-refractivity contribution >= 4 is 55.8 Å². The van der Waals surface area contributed by atoms with E-state index in [1.54, 1.807) is 44.2 Å². The zero-order chi connectivity index (χ0) is 26.5. The van der Waals surface area contributed by atoms with E-state index in [-0.39, 0.29) is 17.3 Å². The molecule has 36 heavy (non-hydrogen) atoms. The second-order valence-electron chi connectivity index (χ2n) is 8.36. The van der Waals surface area contributed by atoms with E-state index in [1.165, 1.54) is 18.0 Å². The molecule has 3 aromatic carbocycles. The maximum absolute atomic E-state index is 13.5. The zero-order valence-corrected chi connectivity index (χ0v) is 22.7. The number of likely N-dealkylation sites (N-methyl/N-ethyl adjacent to an activating group) is 2. The molecule has 0 saturated carbocycles.